The van der Waals surface area contributed by atoms with E-state index in [-0.39, 0.29) is 17.5 Å². The van der Waals surface area contributed by atoms with Gasteiger partial charge in [0.05, 0.1) is 5.56 Å². The van der Waals surface area contributed by atoms with Crippen LogP contribution in [0.2, 0.25) is 0 Å². The van der Waals surface area contributed by atoms with E-state index in [4.69, 9.17) is 0 Å². The summed E-state index contributed by atoms with van der Waals surface area (Å²) in [5, 5.41) is 2.84. The molecule has 0 bridgehead atoms. The van der Waals surface area contributed by atoms with Crippen LogP contribution in [0.3, 0.4) is 0 Å². The lowest BCUT2D eigenvalue weighted by Gasteiger charge is -2.20. The van der Waals surface area contributed by atoms with Crippen LogP contribution in [0.4, 0.5) is 4.39 Å². The summed E-state index contributed by atoms with van der Waals surface area (Å²) in [7, 11) is 0. The molecule has 1 rings (SSSR count). The predicted molar refractivity (Wildman–Crippen MR) is 70.0 cm³/mol. The van der Waals surface area contributed by atoms with Gasteiger partial charge in [0.2, 0.25) is 0 Å². The van der Waals surface area contributed by atoms with Gasteiger partial charge in [-0.1, -0.05) is 20.8 Å². The Kier molecular flexibility index (Phi) is 5.00. The summed E-state index contributed by atoms with van der Waals surface area (Å²) in [5.41, 5.74) is 0.0524. The second-order valence-electron chi connectivity index (χ2n) is 4.40. The van der Waals surface area contributed by atoms with Crippen LogP contribution >= 0.6 is 12.6 Å². The van der Waals surface area contributed by atoms with Gasteiger partial charge in [-0.2, -0.15) is 0 Å². The number of rotatable bonds is 4. The minimum Gasteiger partial charge on any atom is -0.349 e. The zero-order valence-corrected chi connectivity index (χ0v) is 11.2. The number of carbonyl (C=O) groups is 1. The van der Waals surface area contributed by atoms with Crippen LogP contribution in [-0.2, 0) is 0 Å². The van der Waals surface area contributed by atoms with E-state index in [1.54, 1.807) is 0 Å². The fraction of sp³-hybridized carbons (Fsp3) is 0.462. The first kappa shape index (κ1) is 14.0. The van der Waals surface area contributed by atoms with Crippen molar-refractivity contribution in [2.45, 2.75) is 38.1 Å². The summed E-state index contributed by atoms with van der Waals surface area (Å²) in [6.07, 6.45) is 0.825. The molecule has 1 amide bonds. The number of thiol groups is 1. The summed E-state index contributed by atoms with van der Waals surface area (Å²) in [6.45, 7) is 6.05. The van der Waals surface area contributed by atoms with Crippen molar-refractivity contribution in [1.29, 1.82) is 0 Å². The lowest BCUT2D eigenvalue weighted by Crippen LogP contribution is -2.38. The monoisotopic (exact) mass is 255 g/mol. The van der Waals surface area contributed by atoms with Crippen LogP contribution in [0.15, 0.2) is 23.1 Å². The number of halogens is 1. The minimum atomic E-state index is -0.515. The van der Waals surface area contributed by atoms with Crippen LogP contribution < -0.4 is 5.32 Å². The normalized spacial score (nSPS) is 12.6. The van der Waals surface area contributed by atoms with Crippen molar-refractivity contribution >= 4 is 18.5 Å². The SMILES string of the molecule is CCC(NC(=O)c1cc(S)ccc1F)C(C)C. The van der Waals surface area contributed by atoms with Gasteiger partial charge in [-0.3, -0.25) is 4.79 Å². The van der Waals surface area contributed by atoms with E-state index in [0.29, 0.717) is 10.8 Å². The van der Waals surface area contributed by atoms with Crippen LogP contribution in [0.25, 0.3) is 0 Å². The number of amides is 1. The third-order valence-corrected chi connectivity index (χ3v) is 3.03. The zero-order chi connectivity index (χ0) is 13.0. The van der Waals surface area contributed by atoms with Gasteiger partial charge in [-0.25, -0.2) is 4.39 Å². The molecule has 0 aliphatic heterocycles. The molecule has 0 saturated carbocycles. The summed E-state index contributed by atoms with van der Waals surface area (Å²) in [6, 6.07) is 4.29. The largest absolute Gasteiger partial charge is 0.349 e. The van der Waals surface area contributed by atoms with Gasteiger partial charge < -0.3 is 5.32 Å². The topological polar surface area (TPSA) is 29.1 Å². The van der Waals surface area contributed by atoms with E-state index in [9.17, 15) is 9.18 Å². The summed E-state index contributed by atoms with van der Waals surface area (Å²) in [4.78, 5) is 12.5. The summed E-state index contributed by atoms with van der Waals surface area (Å²) < 4.78 is 13.5. The van der Waals surface area contributed by atoms with Crippen molar-refractivity contribution in [1.82, 2.24) is 5.32 Å². The summed E-state index contributed by atoms with van der Waals surface area (Å²) >= 11 is 4.10. The molecule has 0 aromatic heterocycles. The van der Waals surface area contributed by atoms with Gasteiger partial charge in [0.15, 0.2) is 0 Å². The Labute approximate surface area is 107 Å². The Balaban J connectivity index is 2.86. The number of carbonyl (C=O) groups excluding carboxylic acids is 1. The third-order valence-electron chi connectivity index (χ3n) is 2.76. The molecule has 1 unspecified atom stereocenters. The van der Waals surface area contributed by atoms with Gasteiger partial charge in [0.1, 0.15) is 5.82 Å². The maximum absolute atomic E-state index is 13.5. The molecule has 1 aromatic carbocycles. The quantitative estimate of drug-likeness (QED) is 0.794. The highest BCUT2D eigenvalue weighted by Gasteiger charge is 2.17. The maximum Gasteiger partial charge on any atom is 0.254 e. The highest BCUT2D eigenvalue weighted by atomic mass is 32.1. The molecule has 4 heteroatoms. The molecule has 0 saturated heterocycles. The Bertz CT molecular complexity index is 406. The molecule has 2 nitrogen and oxygen atoms in total. The molecule has 0 heterocycles. The molecular formula is C13H18FNOS. The first-order chi connectivity index (χ1) is 7.95. The van der Waals surface area contributed by atoms with E-state index in [1.807, 2.05) is 20.8 Å². The van der Waals surface area contributed by atoms with Gasteiger partial charge in [-0.15, -0.1) is 12.6 Å². The predicted octanol–water partition coefficient (Wildman–Crippen LogP) is 3.28. The Morgan fingerprint density at radius 2 is 2.12 bits per heavy atom. The van der Waals surface area contributed by atoms with E-state index < -0.39 is 5.82 Å². The highest BCUT2D eigenvalue weighted by molar-refractivity contribution is 7.80. The maximum atomic E-state index is 13.5. The fourth-order valence-corrected chi connectivity index (χ4v) is 1.88. The first-order valence-electron chi connectivity index (χ1n) is 5.75. The second-order valence-corrected chi connectivity index (χ2v) is 4.91. The lowest BCUT2D eigenvalue weighted by atomic mass is 10.0. The smallest absolute Gasteiger partial charge is 0.254 e. The number of hydrogen-bond acceptors (Lipinski definition) is 2. The third kappa shape index (κ3) is 3.73. The minimum absolute atomic E-state index is 0.0524. The number of nitrogens with one attached hydrogen (secondary N) is 1. The zero-order valence-electron chi connectivity index (χ0n) is 10.3. The molecule has 0 radical (unpaired) electrons. The van der Waals surface area contributed by atoms with Crippen LogP contribution in [0, 0.1) is 11.7 Å². The molecule has 1 aromatic rings. The van der Waals surface area contributed by atoms with Gasteiger partial charge >= 0.3 is 0 Å². The standard InChI is InChI=1S/C13H18FNOS/c1-4-12(8(2)3)15-13(16)10-7-9(17)5-6-11(10)14/h5-8,12,17H,4H2,1-3H3,(H,15,16). The molecular weight excluding hydrogens is 237 g/mol. The van der Waals surface area contributed by atoms with Gasteiger partial charge in [-0.05, 0) is 30.5 Å². The van der Waals surface area contributed by atoms with Crippen LogP contribution in [0.1, 0.15) is 37.6 Å². The Morgan fingerprint density at radius 3 is 2.65 bits per heavy atom. The average molecular weight is 255 g/mol. The molecule has 94 valence electrons. The van der Waals surface area contributed by atoms with Crippen molar-refractivity contribution in [3.63, 3.8) is 0 Å². The molecule has 1 atom stereocenters. The fourth-order valence-electron chi connectivity index (χ4n) is 1.67. The molecule has 17 heavy (non-hydrogen) atoms. The van der Waals surface area contributed by atoms with Crippen LogP contribution in [0.5, 0.6) is 0 Å². The molecule has 0 spiro atoms. The molecule has 0 aliphatic rings. The van der Waals surface area contributed by atoms with Crippen molar-refractivity contribution in [3.05, 3.63) is 29.6 Å². The summed E-state index contributed by atoms with van der Waals surface area (Å²) in [5.74, 6) is -0.566. The van der Waals surface area contributed by atoms with Crippen LogP contribution in [-0.4, -0.2) is 11.9 Å². The van der Waals surface area contributed by atoms with E-state index in [2.05, 4.69) is 17.9 Å². The molecule has 1 N–H and O–H groups in total. The van der Waals surface area contributed by atoms with E-state index >= 15 is 0 Å². The lowest BCUT2D eigenvalue weighted by molar-refractivity contribution is 0.0920. The van der Waals surface area contributed by atoms with E-state index in [0.717, 1.165) is 6.42 Å². The first-order valence-corrected chi connectivity index (χ1v) is 6.19. The molecule has 0 aliphatic carbocycles. The Morgan fingerprint density at radius 1 is 1.47 bits per heavy atom. The van der Waals surface area contributed by atoms with Crippen molar-refractivity contribution in [2.75, 3.05) is 0 Å². The van der Waals surface area contributed by atoms with Gasteiger partial charge in [0, 0.05) is 10.9 Å². The van der Waals surface area contributed by atoms with E-state index in [1.165, 1.54) is 18.2 Å². The number of benzene rings is 1. The molecule has 0 fully saturated rings. The number of hydrogen-bond donors (Lipinski definition) is 2. The van der Waals surface area contributed by atoms with Gasteiger partial charge in [0.25, 0.3) is 5.91 Å². The van der Waals surface area contributed by atoms with Crippen molar-refractivity contribution in [3.8, 4) is 0 Å². The second kappa shape index (κ2) is 6.05. The highest BCUT2D eigenvalue weighted by Crippen LogP contribution is 2.14. The van der Waals surface area contributed by atoms with Crippen molar-refractivity contribution in [2.24, 2.45) is 5.92 Å². The van der Waals surface area contributed by atoms with Crippen molar-refractivity contribution < 1.29 is 9.18 Å². The average Bonchev–Trinajstić information content (AvgIpc) is 2.28. The Hall–Kier alpha value is -1.03.